The number of fused-ring (bicyclic) bond motifs is 1. The summed E-state index contributed by atoms with van der Waals surface area (Å²) in [6.45, 7) is 2.70. The first kappa shape index (κ1) is 20.6. The zero-order valence-electron chi connectivity index (χ0n) is 15.8. The van der Waals surface area contributed by atoms with Gasteiger partial charge in [-0.3, -0.25) is 14.4 Å². The average molecular weight is 497 g/mol. The molecule has 0 saturated heterocycles. The second-order valence-electron chi connectivity index (χ2n) is 6.97. The molecule has 3 rings (SSSR count). The van der Waals surface area contributed by atoms with Gasteiger partial charge >= 0.3 is 0 Å². The number of primary amides is 1. The third-order valence-corrected chi connectivity index (χ3v) is 5.91. The molecule has 0 unspecified atom stereocenters. The van der Waals surface area contributed by atoms with Gasteiger partial charge in [-0.1, -0.05) is 13.3 Å². The maximum Gasteiger partial charge on any atom is 0.265 e. The van der Waals surface area contributed by atoms with Crippen LogP contribution in [0.25, 0.3) is 0 Å². The number of anilines is 2. The second kappa shape index (κ2) is 8.93. The van der Waals surface area contributed by atoms with Gasteiger partial charge in [-0.2, -0.15) is 0 Å². The van der Waals surface area contributed by atoms with Gasteiger partial charge in [-0.15, -0.1) is 0 Å². The van der Waals surface area contributed by atoms with Gasteiger partial charge in [0.1, 0.15) is 5.75 Å². The van der Waals surface area contributed by atoms with Crippen LogP contribution in [-0.2, 0) is 14.4 Å². The molecule has 150 valence electrons. The molecule has 0 aromatic heterocycles. The average Bonchev–Trinajstić information content (AvgIpc) is 2.68. The Morgan fingerprint density at radius 2 is 1.96 bits per heavy atom. The largest absolute Gasteiger partial charge is 0.482 e. The lowest BCUT2D eigenvalue weighted by Gasteiger charge is -2.30. The molecule has 28 heavy (non-hydrogen) atoms. The molecular weight excluding hydrogens is 473 g/mol. The number of carbonyl (C=O) groups excluding carboxylic acids is 3. The Kier molecular flexibility index (Phi) is 6.58. The summed E-state index contributed by atoms with van der Waals surface area (Å²) < 4.78 is 6.37. The second-order valence-corrected chi connectivity index (χ2v) is 8.13. The predicted octanol–water partition coefficient (Wildman–Crippen LogP) is 3.11. The van der Waals surface area contributed by atoms with Crippen LogP contribution in [0, 0.1) is 3.57 Å². The SMILES string of the molecule is CCCCN1C(=O)COc2cc(I)c(NC(=O)C3=C(C(N)=O)CCCC3)cc21. The minimum absolute atomic E-state index is 0.0212. The Morgan fingerprint density at radius 3 is 2.64 bits per heavy atom. The van der Waals surface area contributed by atoms with E-state index in [2.05, 4.69) is 34.8 Å². The van der Waals surface area contributed by atoms with Crippen LogP contribution in [0.5, 0.6) is 5.75 Å². The van der Waals surface area contributed by atoms with E-state index in [-0.39, 0.29) is 18.4 Å². The van der Waals surface area contributed by atoms with Crippen LogP contribution in [-0.4, -0.2) is 30.9 Å². The molecule has 1 heterocycles. The van der Waals surface area contributed by atoms with Crippen molar-refractivity contribution in [3.8, 4) is 5.75 Å². The topological polar surface area (TPSA) is 102 Å². The van der Waals surface area contributed by atoms with Gasteiger partial charge in [0, 0.05) is 21.3 Å². The van der Waals surface area contributed by atoms with Crippen molar-refractivity contribution in [2.45, 2.75) is 45.4 Å². The van der Waals surface area contributed by atoms with Crippen molar-refractivity contribution < 1.29 is 19.1 Å². The zero-order valence-corrected chi connectivity index (χ0v) is 18.0. The monoisotopic (exact) mass is 497 g/mol. The summed E-state index contributed by atoms with van der Waals surface area (Å²) in [5.74, 6) is -0.303. The Hall–Kier alpha value is -2.10. The van der Waals surface area contributed by atoms with Crippen LogP contribution >= 0.6 is 22.6 Å². The van der Waals surface area contributed by atoms with Gasteiger partial charge in [0.25, 0.3) is 11.8 Å². The fourth-order valence-corrected chi connectivity index (χ4v) is 4.08. The molecule has 0 atom stereocenters. The quantitative estimate of drug-likeness (QED) is 0.590. The molecule has 3 N–H and O–H groups in total. The molecule has 0 bridgehead atoms. The first-order valence-electron chi connectivity index (χ1n) is 9.52. The number of nitrogens with two attached hydrogens (primary N) is 1. The molecule has 0 radical (unpaired) electrons. The lowest BCUT2D eigenvalue weighted by atomic mass is 9.90. The van der Waals surface area contributed by atoms with E-state index in [0.717, 1.165) is 29.3 Å². The van der Waals surface area contributed by atoms with Gasteiger partial charge < -0.3 is 20.7 Å². The number of unbranched alkanes of at least 4 members (excludes halogenated alkanes) is 1. The first-order chi connectivity index (χ1) is 13.4. The molecule has 0 spiro atoms. The molecule has 1 aromatic carbocycles. The molecule has 0 fully saturated rings. The van der Waals surface area contributed by atoms with Crippen LogP contribution in [0.3, 0.4) is 0 Å². The van der Waals surface area contributed by atoms with E-state index in [4.69, 9.17) is 10.5 Å². The fraction of sp³-hybridized carbons (Fsp3) is 0.450. The lowest BCUT2D eigenvalue weighted by Crippen LogP contribution is -2.39. The highest BCUT2D eigenvalue weighted by atomic mass is 127. The third kappa shape index (κ3) is 4.31. The maximum atomic E-state index is 12.8. The van der Waals surface area contributed by atoms with E-state index in [1.165, 1.54) is 0 Å². The van der Waals surface area contributed by atoms with Crippen molar-refractivity contribution in [2.24, 2.45) is 5.73 Å². The molecule has 7 nitrogen and oxygen atoms in total. The lowest BCUT2D eigenvalue weighted by molar-refractivity contribution is -0.121. The van der Waals surface area contributed by atoms with Gasteiger partial charge in [-0.25, -0.2) is 0 Å². The standard InChI is InChI=1S/C20H24IN3O4/c1-2-3-8-24-16-10-15(14(21)9-17(16)28-11-18(24)25)23-20(27)13-7-5-4-6-12(13)19(22)26/h9-10H,2-8,11H2,1H3,(H2,22,26)(H,23,27). The van der Waals surface area contributed by atoms with Crippen molar-refractivity contribution in [1.82, 2.24) is 0 Å². The minimum Gasteiger partial charge on any atom is -0.482 e. The van der Waals surface area contributed by atoms with Crippen LogP contribution in [0.2, 0.25) is 0 Å². The summed E-state index contributed by atoms with van der Waals surface area (Å²) >= 11 is 2.12. The molecule has 0 saturated carbocycles. The number of ether oxygens (including phenoxy) is 1. The molecule has 1 aliphatic heterocycles. The highest BCUT2D eigenvalue weighted by Gasteiger charge is 2.28. The van der Waals surface area contributed by atoms with Gasteiger partial charge in [0.2, 0.25) is 5.91 Å². The van der Waals surface area contributed by atoms with Crippen LogP contribution in [0.4, 0.5) is 11.4 Å². The van der Waals surface area contributed by atoms with Crippen LogP contribution in [0.15, 0.2) is 23.3 Å². The summed E-state index contributed by atoms with van der Waals surface area (Å²) in [6, 6.07) is 3.59. The normalized spacial score (nSPS) is 16.5. The van der Waals surface area contributed by atoms with Gasteiger partial charge in [-0.05, 0) is 66.8 Å². The van der Waals surface area contributed by atoms with Crippen molar-refractivity contribution in [3.05, 3.63) is 26.8 Å². The molecule has 1 aromatic rings. The number of nitrogens with zero attached hydrogens (tertiary/aromatic N) is 1. The Balaban J connectivity index is 1.91. The summed E-state index contributed by atoms with van der Waals surface area (Å²) in [5.41, 5.74) is 7.58. The number of carbonyl (C=O) groups is 3. The molecular formula is C20H24IN3O4. The Labute approximate surface area is 177 Å². The van der Waals surface area contributed by atoms with E-state index >= 15 is 0 Å². The number of halogens is 1. The highest BCUT2D eigenvalue weighted by Crippen LogP contribution is 2.38. The molecule has 3 amide bonds. The van der Waals surface area contributed by atoms with Gasteiger partial charge in [0.05, 0.1) is 11.4 Å². The summed E-state index contributed by atoms with van der Waals surface area (Å²) in [7, 11) is 0. The molecule has 1 aliphatic carbocycles. The van der Waals surface area contributed by atoms with Crippen molar-refractivity contribution >= 4 is 51.7 Å². The number of hydrogen-bond acceptors (Lipinski definition) is 4. The number of amides is 3. The predicted molar refractivity (Wildman–Crippen MR) is 115 cm³/mol. The van der Waals surface area contributed by atoms with E-state index in [1.54, 1.807) is 11.0 Å². The third-order valence-electron chi connectivity index (χ3n) is 5.01. The fourth-order valence-electron chi connectivity index (χ4n) is 3.50. The number of rotatable bonds is 6. The number of benzene rings is 1. The van der Waals surface area contributed by atoms with E-state index in [9.17, 15) is 14.4 Å². The molecule has 2 aliphatic rings. The van der Waals surface area contributed by atoms with E-state index in [0.29, 0.717) is 47.7 Å². The van der Waals surface area contributed by atoms with Crippen molar-refractivity contribution in [1.29, 1.82) is 0 Å². The van der Waals surface area contributed by atoms with E-state index in [1.807, 2.05) is 6.07 Å². The zero-order chi connectivity index (χ0) is 20.3. The minimum atomic E-state index is -0.533. The first-order valence-corrected chi connectivity index (χ1v) is 10.6. The maximum absolute atomic E-state index is 12.8. The highest BCUT2D eigenvalue weighted by molar-refractivity contribution is 14.1. The van der Waals surface area contributed by atoms with Crippen molar-refractivity contribution in [3.63, 3.8) is 0 Å². The van der Waals surface area contributed by atoms with Gasteiger partial charge in [0.15, 0.2) is 6.61 Å². The smallest absolute Gasteiger partial charge is 0.265 e. The van der Waals surface area contributed by atoms with Crippen LogP contribution in [0.1, 0.15) is 45.4 Å². The molecule has 8 heteroatoms. The number of hydrogen-bond donors (Lipinski definition) is 2. The summed E-state index contributed by atoms with van der Waals surface area (Å²) in [6.07, 6.45) is 4.64. The van der Waals surface area contributed by atoms with Crippen molar-refractivity contribution in [2.75, 3.05) is 23.4 Å². The Bertz CT molecular complexity index is 850. The number of nitrogens with one attached hydrogen (secondary N) is 1. The van der Waals surface area contributed by atoms with E-state index < -0.39 is 5.91 Å². The van der Waals surface area contributed by atoms with Crippen LogP contribution < -0.4 is 20.7 Å². The summed E-state index contributed by atoms with van der Waals surface area (Å²) in [4.78, 5) is 38.5. The Morgan fingerprint density at radius 1 is 1.25 bits per heavy atom. The summed E-state index contributed by atoms with van der Waals surface area (Å²) in [5, 5.41) is 2.90.